The Morgan fingerprint density at radius 2 is 2.04 bits per heavy atom. The quantitative estimate of drug-likeness (QED) is 0.704. The summed E-state index contributed by atoms with van der Waals surface area (Å²) in [4.78, 5) is 32.5. The van der Waals surface area contributed by atoms with Crippen molar-refractivity contribution in [3.05, 3.63) is 58.0 Å². The summed E-state index contributed by atoms with van der Waals surface area (Å²) >= 11 is 0. The SMILES string of the molecule is Cc1ccc(-n2c(=O)c3cccnc3n2CC(=O)N2CCC[C@@H](C)C2)cc1C. The van der Waals surface area contributed by atoms with Crippen molar-refractivity contribution < 1.29 is 4.79 Å². The number of likely N-dealkylation sites (tertiary alicyclic amines) is 1. The zero-order valence-electron chi connectivity index (χ0n) is 16.7. The molecule has 0 N–H and O–H groups in total. The Bertz CT molecular complexity index is 1100. The topological polar surface area (TPSA) is 60.1 Å². The predicted octanol–water partition coefficient (Wildman–Crippen LogP) is 3.06. The van der Waals surface area contributed by atoms with Crippen LogP contribution in [0.5, 0.6) is 0 Å². The lowest BCUT2D eigenvalue weighted by molar-refractivity contribution is -0.133. The molecule has 4 rings (SSSR count). The first kappa shape index (κ1) is 18.5. The highest BCUT2D eigenvalue weighted by Gasteiger charge is 2.24. The summed E-state index contributed by atoms with van der Waals surface area (Å²) in [6.45, 7) is 7.91. The minimum atomic E-state index is -0.147. The van der Waals surface area contributed by atoms with Crippen molar-refractivity contribution >= 4 is 16.9 Å². The fourth-order valence-electron chi connectivity index (χ4n) is 3.99. The lowest BCUT2D eigenvalue weighted by Gasteiger charge is -2.31. The Hall–Kier alpha value is -2.89. The Kier molecular flexibility index (Phi) is 4.79. The average molecular weight is 378 g/mol. The van der Waals surface area contributed by atoms with E-state index in [0.29, 0.717) is 17.0 Å². The van der Waals surface area contributed by atoms with Crippen LogP contribution in [-0.2, 0) is 11.3 Å². The number of fused-ring (bicyclic) bond motifs is 1. The summed E-state index contributed by atoms with van der Waals surface area (Å²) in [6, 6.07) is 9.44. The molecule has 0 radical (unpaired) electrons. The minimum absolute atomic E-state index is 0.0340. The van der Waals surface area contributed by atoms with Gasteiger partial charge in [0, 0.05) is 19.3 Å². The Morgan fingerprint density at radius 3 is 2.79 bits per heavy atom. The summed E-state index contributed by atoms with van der Waals surface area (Å²) < 4.78 is 3.32. The maximum absolute atomic E-state index is 13.1. The summed E-state index contributed by atoms with van der Waals surface area (Å²) in [5.41, 5.74) is 3.42. The molecule has 1 aromatic carbocycles. The molecule has 0 saturated carbocycles. The predicted molar refractivity (Wildman–Crippen MR) is 110 cm³/mol. The van der Waals surface area contributed by atoms with E-state index in [1.165, 1.54) is 0 Å². The lowest BCUT2D eigenvalue weighted by Crippen LogP contribution is -2.41. The van der Waals surface area contributed by atoms with Gasteiger partial charge >= 0.3 is 0 Å². The fraction of sp³-hybridized carbons (Fsp3) is 0.409. The van der Waals surface area contributed by atoms with E-state index in [1.54, 1.807) is 27.7 Å². The molecule has 1 amide bonds. The average Bonchev–Trinajstić information content (AvgIpc) is 2.96. The third-order valence-electron chi connectivity index (χ3n) is 5.73. The van der Waals surface area contributed by atoms with Crippen LogP contribution in [0.1, 0.15) is 30.9 Å². The summed E-state index contributed by atoms with van der Waals surface area (Å²) in [5, 5.41) is 0.528. The van der Waals surface area contributed by atoms with Crippen molar-refractivity contribution in [2.45, 2.75) is 40.2 Å². The minimum Gasteiger partial charge on any atom is -0.341 e. The van der Waals surface area contributed by atoms with Gasteiger partial charge in [-0.3, -0.25) is 14.3 Å². The van der Waals surface area contributed by atoms with Gasteiger partial charge in [0.15, 0.2) is 5.65 Å². The summed E-state index contributed by atoms with van der Waals surface area (Å²) in [5.74, 6) is 0.547. The van der Waals surface area contributed by atoms with E-state index in [2.05, 4.69) is 11.9 Å². The number of carbonyl (C=O) groups excluding carboxylic acids is 1. The molecule has 146 valence electrons. The van der Waals surface area contributed by atoms with Crippen molar-refractivity contribution in [3.8, 4) is 5.69 Å². The van der Waals surface area contributed by atoms with Crippen molar-refractivity contribution in [2.75, 3.05) is 13.1 Å². The van der Waals surface area contributed by atoms with Crippen LogP contribution in [0.15, 0.2) is 41.3 Å². The van der Waals surface area contributed by atoms with Crippen LogP contribution in [0, 0.1) is 19.8 Å². The van der Waals surface area contributed by atoms with Gasteiger partial charge in [-0.25, -0.2) is 9.67 Å². The monoisotopic (exact) mass is 378 g/mol. The second-order valence-electron chi connectivity index (χ2n) is 7.90. The van der Waals surface area contributed by atoms with Crippen LogP contribution in [0.2, 0.25) is 0 Å². The van der Waals surface area contributed by atoms with Crippen LogP contribution in [-0.4, -0.2) is 38.2 Å². The van der Waals surface area contributed by atoms with E-state index in [9.17, 15) is 9.59 Å². The Labute approximate surface area is 164 Å². The number of aromatic nitrogens is 3. The third kappa shape index (κ3) is 3.23. The zero-order chi connectivity index (χ0) is 19.8. The first-order valence-electron chi connectivity index (χ1n) is 9.87. The molecule has 2 aromatic heterocycles. The van der Waals surface area contributed by atoms with Gasteiger partial charge in [0.2, 0.25) is 5.91 Å². The van der Waals surface area contributed by atoms with Gasteiger partial charge in [0.05, 0.1) is 11.1 Å². The highest BCUT2D eigenvalue weighted by atomic mass is 16.2. The largest absolute Gasteiger partial charge is 0.341 e. The van der Waals surface area contributed by atoms with Gasteiger partial charge < -0.3 is 4.90 Å². The van der Waals surface area contributed by atoms with E-state index in [-0.39, 0.29) is 18.0 Å². The summed E-state index contributed by atoms with van der Waals surface area (Å²) in [7, 11) is 0. The number of carbonyl (C=O) groups is 1. The number of amides is 1. The van der Waals surface area contributed by atoms with E-state index < -0.39 is 0 Å². The molecule has 1 aliphatic rings. The third-order valence-corrected chi connectivity index (χ3v) is 5.73. The zero-order valence-corrected chi connectivity index (χ0v) is 16.7. The number of rotatable bonds is 3. The molecule has 3 aromatic rings. The molecule has 0 spiro atoms. The second kappa shape index (κ2) is 7.26. The normalized spacial score (nSPS) is 17.2. The number of pyridine rings is 1. The van der Waals surface area contributed by atoms with E-state index >= 15 is 0 Å². The van der Waals surface area contributed by atoms with Gasteiger partial charge in [0.25, 0.3) is 5.56 Å². The number of piperidine rings is 1. The number of nitrogens with zero attached hydrogens (tertiary/aromatic N) is 4. The number of aryl methyl sites for hydroxylation is 2. The molecule has 0 unspecified atom stereocenters. The number of hydrogen-bond acceptors (Lipinski definition) is 3. The molecular weight excluding hydrogens is 352 g/mol. The van der Waals surface area contributed by atoms with Crippen molar-refractivity contribution in [1.82, 2.24) is 19.2 Å². The van der Waals surface area contributed by atoms with E-state index in [1.807, 2.05) is 36.9 Å². The Balaban J connectivity index is 1.81. The van der Waals surface area contributed by atoms with Crippen LogP contribution < -0.4 is 5.56 Å². The molecule has 1 fully saturated rings. The van der Waals surface area contributed by atoms with Crippen LogP contribution in [0.25, 0.3) is 16.7 Å². The standard InChI is InChI=1S/C22H26N4O2/c1-15-6-5-11-24(13-15)20(27)14-25-21-19(7-4-10-23-21)22(28)26(25)18-9-8-16(2)17(3)12-18/h4,7-10,12,15H,5-6,11,13-14H2,1-3H3/t15-/m1/s1. The van der Waals surface area contributed by atoms with E-state index in [0.717, 1.165) is 42.7 Å². The second-order valence-corrected chi connectivity index (χ2v) is 7.90. The summed E-state index contributed by atoms with van der Waals surface area (Å²) in [6.07, 6.45) is 3.85. The maximum Gasteiger partial charge on any atom is 0.280 e. The van der Waals surface area contributed by atoms with Gasteiger partial charge in [-0.15, -0.1) is 0 Å². The maximum atomic E-state index is 13.1. The highest BCUT2D eigenvalue weighted by Crippen LogP contribution is 2.19. The molecule has 1 aliphatic heterocycles. The number of hydrogen-bond donors (Lipinski definition) is 0. The molecule has 6 nitrogen and oxygen atoms in total. The van der Waals surface area contributed by atoms with Crippen LogP contribution >= 0.6 is 0 Å². The van der Waals surface area contributed by atoms with Gasteiger partial charge in [-0.05, 0) is 68.0 Å². The first-order valence-corrected chi connectivity index (χ1v) is 9.87. The highest BCUT2D eigenvalue weighted by molar-refractivity contribution is 5.80. The molecular formula is C22H26N4O2. The van der Waals surface area contributed by atoms with Gasteiger partial charge in [0.1, 0.15) is 6.54 Å². The fourth-order valence-corrected chi connectivity index (χ4v) is 3.99. The first-order chi connectivity index (χ1) is 13.5. The van der Waals surface area contributed by atoms with Gasteiger partial charge in [-0.1, -0.05) is 13.0 Å². The molecule has 3 heterocycles. The number of benzene rings is 1. The Morgan fingerprint density at radius 1 is 1.21 bits per heavy atom. The van der Waals surface area contributed by atoms with Crippen molar-refractivity contribution in [2.24, 2.45) is 5.92 Å². The molecule has 1 atom stereocenters. The van der Waals surface area contributed by atoms with Crippen molar-refractivity contribution in [3.63, 3.8) is 0 Å². The molecule has 1 saturated heterocycles. The molecule has 0 bridgehead atoms. The molecule has 0 aliphatic carbocycles. The molecule has 6 heteroatoms. The smallest absolute Gasteiger partial charge is 0.280 e. The van der Waals surface area contributed by atoms with Gasteiger partial charge in [-0.2, -0.15) is 0 Å². The van der Waals surface area contributed by atoms with E-state index in [4.69, 9.17) is 0 Å². The van der Waals surface area contributed by atoms with Crippen molar-refractivity contribution in [1.29, 1.82) is 0 Å². The lowest BCUT2D eigenvalue weighted by atomic mass is 10.0. The van der Waals surface area contributed by atoms with Crippen LogP contribution in [0.3, 0.4) is 0 Å². The van der Waals surface area contributed by atoms with Crippen LogP contribution in [0.4, 0.5) is 0 Å². The molecule has 28 heavy (non-hydrogen) atoms.